The van der Waals surface area contributed by atoms with Crippen LogP contribution in [0, 0.1) is 0 Å². The van der Waals surface area contributed by atoms with Gasteiger partial charge in [0.2, 0.25) is 0 Å². The summed E-state index contributed by atoms with van der Waals surface area (Å²) < 4.78 is 1.88. The van der Waals surface area contributed by atoms with Gasteiger partial charge in [-0.3, -0.25) is 0 Å². The van der Waals surface area contributed by atoms with Crippen molar-refractivity contribution in [2.75, 3.05) is 6.61 Å². The van der Waals surface area contributed by atoms with Crippen molar-refractivity contribution < 1.29 is 5.11 Å². The number of nitrogens with zero attached hydrogens (tertiary/aromatic N) is 2. The van der Waals surface area contributed by atoms with Crippen molar-refractivity contribution in [1.29, 1.82) is 0 Å². The maximum absolute atomic E-state index is 8.84. The van der Waals surface area contributed by atoms with Gasteiger partial charge in [-0.05, 0) is 30.0 Å². The van der Waals surface area contributed by atoms with Gasteiger partial charge in [0, 0.05) is 17.7 Å². The van der Waals surface area contributed by atoms with Crippen LogP contribution in [0.1, 0.15) is 30.2 Å². The van der Waals surface area contributed by atoms with Crippen molar-refractivity contribution >= 4 is 11.3 Å². The first-order valence-corrected chi connectivity index (χ1v) is 6.27. The molecule has 0 fully saturated rings. The Morgan fingerprint density at radius 2 is 2.25 bits per heavy atom. The van der Waals surface area contributed by atoms with Gasteiger partial charge >= 0.3 is 0 Å². The predicted molar refractivity (Wildman–Crippen MR) is 66.3 cm³/mol. The summed E-state index contributed by atoms with van der Waals surface area (Å²) in [4.78, 5) is 1.37. The highest BCUT2D eigenvalue weighted by molar-refractivity contribution is 7.14. The van der Waals surface area contributed by atoms with Crippen LogP contribution >= 0.6 is 11.3 Å². The van der Waals surface area contributed by atoms with Crippen molar-refractivity contribution in [3.05, 3.63) is 35.0 Å². The molecule has 1 N–H and O–H groups in total. The molecule has 0 amide bonds. The van der Waals surface area contributed by atoms with Crippen LogP contribution in [-0.4, -0.2) is 21.5 Å². The molecule has 2 heterocycles. The third-order valence-corrected chi connectivity index (χ3v) is 3.82. The summed E-state index contributed by atoms with van der Waals surface area (Å²) in [5.41, 5.74) is 1.07. The number of hydrogen-bond acceptors (Lipinski definition) is 3. The third kappa shape index (κ3) is 2.33. The Balaban J connectivity index is 2.21. The standard InChI is InChI=1S/C12H16N2OS/c1-9(2)11-3-4-12(16-11)14-8-10(5-6-15)7-13-14/h3-4,7-9,15H,5-6H2,1-2H3. The van der Waals surface area contributed by atoms with E-state index in [-0.39, 0.29) is 6.61 Å². The van der Waals surface area contributed by atoms with E-state index in [1.807, 2.05) is 17.1 Å². The molecule has 3 nitrogen and oxygen atoms in total. The van der Waals surface area contributed by atoms with Crippen molar-refractivity contribution in [3.63, 3.8) is 0 Å². The molecule has 0 aliphatic carbocycles. The molecule has 2 aromatic heterocycles. The molecular weight excluding hydrogens is 220 g/mol. The lowest BCUT2D eigenvalue weighted by molar-refractivity contribution is 0.299. The largest absolute Gasteiger partial charge is 0.396 e. The SMILES string of the molecule is CC(C)c1ccc(-n2cc(CCO)cn2)s1. The van der Waals surface area contributed by atoms with Crippen molar-refractivity contribution in [2.24, 2.45) is 0 Å². The number of rotatable bonds is 4. The van der Waals surface area contributed by atoms with Gasteiger partial charge in [-0.2, -0.15) is 5.10 Å². The normalized spacial score (nSPS) is 11.2. The fourth-order valence-electron chi connectivity index (χ4n) is 1.51. The Morgan fingerprint density at radius 1 is 1.44 bits per heavy atom. The predicted octanol–water partition coefficient (Wildman–Crippen LogP) is 2.59. The third-order valence-electron chi connectivity index (χ3n) is 2.44. The molecule has 0 unspecified atom stereocenters. The smallest absolute Gasteiger partial charge is 0.117 e. The zero-order chi connectivity index (χ0) is 11.5. The molecular formula is C12H16N2OS. The van der Waals surface area contributed by atoms with E-state index in [1.54, 1.807) is 11.3 Å². The maximum atomic E-state index is 8.84. The molecule has 2 aromatic rings. The molecule has 0 atom stereocenters. The van der Waals surface area contributed by atoms with E-state index in [0.29, 0.717) is 12.3 Å². The summed E-state index contributed by atoms with van der Waals surface area (Å²) in [6.45, 7) is 4.55. The van der Waals surface area contributed by atoms with E-state index >= 15 is 0 Å². The number of thiophene rings is 1. The molecule has 0 bridgehead atoms. The van der Waals surface area contributed by atoms with Crippen LogP contribution in [0.15, 0.2) is 24.5 Å². The maximum Gasteiger partial charge on any atom is 0.117 e. The fraction of sp³-hybridized carbons (Fsp3) is 0.417. The molecule has 0 aliphatic rings. The summed E-state index contributed by atoms with van der Waals surface area (Å²) >= 11 is 1.76. The Hall–Kier alpha value is -1.13. The summed E-state index contributed by atoms with van der Waals surface area (Å²) in [5, 5.41) is 14.3. The lowest BCUT2D eigenvalue weighted by Crippen LogP contribution is -1.90. The van der Waals surface area contributed by atoms with Gasteiger partial charge in [-0.25, -0.2) is 4.68 Å². The number of aliphatic hydroxyl groups is 1. The Morgan fingerprint density at radius 3 is 2.88 bits per heavy atom. The van der Waals surface area contributed by atoms with Crippen LogP contribution in [0.25, 0.3) is 5.00 Å². The first-order valence-electron chi connectivity index (χ1n) is 5.45. The average molecular weight is 236 g/mol. The fourth-order valence-corrected chi connectivity index (χ4v) is 2.46. The van der Waals surface area contributed by atoms with Crippen molar-refractivity contribution in [2.45, 2.75) is 26.2 Å². The van der Waals surface area contributed by atoms with Crippen LogP contribution in [0.3, 0.4) is 0 Å². The van der Waals surface area contributed by atoms with E-state index in [1.165, 1.54) is 4.88 Å². The lowest BCUT2D eigenvalue weighted by atomic mass is 10.2. The summed E-state index contributed by atoms with van der Waals surface area (Å²) in [6.07, 6.45) is 4.46. The lowest BCUT2D eigenvalue weighted by Gasteiger charge is -1.98. The van der Waals surface area contributed by atoms with Gasteiger partial charge in [0.25, 0.3) is 0 Å². The molecule has 0 spiro atoms. The summed E-state index contributed by atoms with van der Waals surface area (Å²) in [5.74, 6) is 0.561. The highest BCUT2D eigenvalue weighted by Gasteiger charge is 2.06. The van der Waals surface area contributed by atoms with E-state index in [4.69, 9.17) is 5.11 Å². The first-order chi connectivity index (χ1) is 7.70. The average Bonchev–Trinajstić information content (AvgIpc) is 2.84. The molecule has 2 rings (SSSR count). The monoisotopic (exact) mass is 236 g/mol. The molecule has 86 valence electrons. The minimum absolute atomic E-state index is 0.174. The van der Waals surface area contributed by atoms with E-state index in [2.05, 4.69) is 31.1 Å². The zero-order valence-electron chi connectivity index (χ0n) is 9.55. The molecule has 0 aromatic carbocycles. The molecule has 0 radical (unpaired) electrons. The van der Waals surface area contributed by atoms with Crippen LogP contribution in [-0.2, 0) is 6.42 Å². The van der Waals surface area contributed by atoms with Crippen LogP contribution in [0.2, 0.25) is 0 Å². The zero-order valence-corrected chi connectivity index (χ0v) is 10.4. The molecule has 0 aliphatic heterocycles. The second-order valence-corrected chi connectivity index (χ2v) is 5.19. The first kappa shape index (κ1) is 11.4. The van der Waals surface area contributed by atoms with Gasteiger partial charge in [-0.15, -0.1) is 11.3 Å². The quantitative estimate of drug-likeness (QED) is 0.886. The molecule has 0 saturated carbocycles. The minimum Gasteiger partial charge on any atom is -0.396 e. The van der Waals surface area contributed by atoms with Gasteiger partial charge in [0.15, 0.2) is 0 Å². The second kappa shape index (κ2) is 4.80. The molecule has 0 saturated heterocycles. The summed E-state index contributed by atoms with van der Waals surface area (Å²) in [6, 6.07) is 4.24. The van der Waals surface area contributed by atoms with Gasteiger partial charge in [-0.1, -0.05) is 13.8 Å². The second-order valence-electron chi connectivity index (χ2n) is 4.10. The van der Waals surface area contributed by atoms with Crippen LogP contribution in [0.5, 0.6) is 0 Å². The summed E-state index contributed by atoms with van der Waals surface area (Å²) in [7, 11) is 0. The Bertz CT molecular complexity index is 459. The highest BCUT2D eigenvalue weighted by atomic mass is 32.1. The number of aromatic nitrogens is 2. The Kier molecular flexibility index (Phi) is 3.41. The van der Waals surface area contributed by atoms with Gasteiger partial charge < -0.3 is 5.11 Å². The Labute approximate surface area is 99.4 Å². The van der Waals surface area contributed by atoms with Gasteiger partial charge in [0.05, 0.1) is 6.20 Å². The van der Waals surface area contributed by atoms with Crippen LogP contribution in [0.4, 0.5) is 0 Å². The van der Waals surface area contributed by atoms with Gasteiger partial charge in [0.1, 0.15) is 5.00 Å². The van der Waals surface area contributed by atoms with Crippen molar-refractivity contribution in [3.8, 4) is 5.00 Å². The number of hydrogen-bond donors (Lipinski definition) is 1. The molecule has 16 heavy (non-hydrogen) atoms. The van der Waals surface area contributed by atoms with E-state index in [0.717, 1.165) is 10.6 Å². The van der Waals surface area contributed by atoms with E-state index in [9.17, 15) is 0 Å². The topological polar surface area (TPSA) is 38.0 Å². The van der Waals surface area contributed by atoms with Crippen LogP contribution < -0.4 is 0 Å². The van der Waals surface area contributed by atoms with E-state index < -0.39 is 0 Å². The van der Waals surface area contributed by atoms with Crippen molar-refractivity contribution in [1.82, 2.24) is 9.78 Å². The molecule has 4 heteroatoms. The highest BCUT2D eigenvalue weighted by Crippen LogP contribution is 2.26. The number of aliphatic hydroxyl groups excluding tert-OH is 1. The minimum atomic E-state index is 0.174.